The summed E-state index contributed by atoms with van der Waals surface area (Å²) >= 11 is 0. The number of aliphatic hydroxyl groups is 4. The Balaban J connectivity index is 1.55. The van der Waals surface area contributed by atoms with Crippen LogP contribution in [0.2, 0.25) is 0 Å². The van der Waals surface area contributed by atoms with Crippen molar-refractivity contribution in [3.63, 3.8) is 0 Å². The molecule has 1 heterocycles. The van der Waals surface area contributed by atoms with E-state index in [0.717, 1.165) is 29.6 Å². The Morgan fingerprint density at radius 3 is 2.41 bits per heavy atom. The van der Waals surface area contributed by atoms with Crippen LogP contribution in [-0.2, 0) is 30.3 Å². The van der Waals surface area contributed by atoms with Gasteiger partial charge in [0, 0.05) is 29.0 Å². The van der Waals surface area contributed by atoms with Crippen LogP contribution in [0.3, 0.4) is 0 Å². The van der Waals surface area contributed by atoms with Crippen molar-refractivity contribution in [2.24, 2.45) is 34.2 Å². The van der Waals surface area contributed by atoms with Crippen molar-refractivity contribution >= 4 is 5.69 Å². The smallest absolute Gasteiger partial charge is 0.187 e. The molecule has 4 N–H and O–H groups in total. The summed E-state index contributed by atoms with van der Waals surface area (Å²) < 4.78 is 31.3. The van der Waals surface area contributed by atoms with E-state index in [9.17, 15) is 20.4 Å². The number of nitrogens with zero attached hydrogens (tertiary/aromatic N) is 3. The Kier molecular flexibility index (Phi) is 12.6. The molecule has 0 aromatic heterocycles. The van der Waals surface area contributed by atoms with E-state index in [1.54, 1.807) is 25.3 Å². The highest BCUT2D eigenvalue weighted by Gasteiger charge is 2.56. The summed E-state index contributed by atoms with van der Waals surface area (Å²) in [6.07, 6.45) is -2.83. The molecule has 0 bridgehead atoms. The SMILES string of the molecule is C=CC(C)(C)OC[C@H]1O[C@H](O[C@@H]2C3=C(C(C)C)C[C@H](OCc4ccc(N=[N+]=[N-])cc4)[C@]3(C)/C=C3/[C@@H](COC)CC[C@H]3[C@@H](C)[C@H]2O)[C@H](O)[C@@H](O)[C@@H]1O. The monoisotopic (exact) mass is 711 g/mol. The highest BCUT2D eigenvalue weighted by molar-refractivity contribution is 5.44. The third-order valence-corrected chi connectivity index (χ3v) is 11.6. The number of benzene rings is 1. The van der Waals surface area contributed by atoms with Gasteiger partial charge >= 0.3 is 0 Å². The maximum absolute atomic E-state index is 12.4. The Morgan fingerprint density at radius 2 is 1.78 bits per heavy atom. The molecule has 0 radical (unpaired) electrons. The second kappa shape index (κ2) is 16.2. The van der Waals surface area contributed by atoms with E-state index >= 15 is 0 Å². The molecule has 4 aliphatic rings. The molecule has 5 rings (SSSR count). The van der Waals surface area contributed by atoms with Gasteiger partial charge in [0.15, 0.2) is 6.29 Å². The topological polar surface area (TPSA) is 176 Å². The summed E-state index contributed by atoms with van der Waals surface area (Å²) in [5.74, 6) is 0.117. The van der Waals surface area contributed by atoms with Gasteiger partial charge in [0.25, 0.3) is 0 Å². The van der Waals surface area contributed by atoms with Crippen LogP contribution in [0, 0.1) is 29.1 Å². The van der Waals surface area contributed by atoms with Crippen LogP contribution in [0.25, 0.3) is 10.4 Å². The lowest BCUT2D eigenvalue weighted by Crippen LogP contribution is -2.61. The molecular weight excluding hydrogens is 654 g/mol. The van der Waals surface area contributed by atoms with E-state index < -0.39 is 53.9 Å². The molecule has 282 valence electrons. The summed E-state index contributed by atoms with van der Waals surface area (Å²) in [6, 6.07) is 7.28. The van der Waals surface area contributed by atoms with Crippen molar-refractivity contribution in [3.05, 3.63) is 75.7 Å². The van der Waals surface area contributed by atoms with Crippen molar-refractivity contribution < 1.29 is 44.1 Å². The van der Waals surface area contributed by atoms with Crippen LogP contribution >= 0.6 is 0 Å². The molecule has 1 saturated carbocycles. The number of azide groups is 1. The quantitative estimate of drug-likeness (QED) is 0.0871. The Labute approximate surface area is 301 Å². The molecule has 3 aliphatic carbocycles. The van der Waals surface area contributed by atoms with Crippen LogP contribution in [-0.4, -0.2) is 95.4 Å². The maximum atomic E-state index is 12.4. The Bertz CT molecular complexity index is 1490. The zero-order chi connectivity index (χ0) is 37.2. The highest BCUT2D eigenvalue weighted by atomic mass is 16.7. The first kappa shape index (κ1) is 39.6. The molecule has 1 saturated heterocycles. The molecule has 12 atom stereocenters. The minimum atomic E-state index is -1.59. The van der Waals surface area contributed by atoms with Crippen LogP contribution < -0.4 is 0 Å². The lowest BCUT2D eigenvalue weighted by molar-refractivity contribution is -0.319. The average Bonchev–Trinajstić information content (AvgIpc) is 3.62. The minimum Gasteiger partial charge on any atom is -0.390 e. The standard InChI is InChI=1S/C39H57N3O9/c1-9-38(5,6)49-20-29-33(44)34(45)35(46)37(50-29)51-36-31-27(21(2)3)16-30(48-18-23-10-13-25(14-11-23)41-42-40)39(31,7)17-28-24(19-47-8)12-15-26(28)22(4)32(36)43/h9-11,13-14,17,21-22,24,26,29-30,32-37,43-46H,1,12,15-16,18-20H2,2-8H3/b28-17-/t22-,24-,26+,29-,30+,32-,33-,34+,35-,36-,37-,39+/m1/s1. The van der Waals surface area contributed by atoms with Crippen molar-refractivity contribution in [1.29, 1.82) is 0 Å². The van der Waals surface area contributed by atoms with Crippen LogP contribution in [0.1, 0.15) is 66.4 Å². The predicted molar refractivity (Wildman–Crippen MR) is 192 cm³/mol. The van der Waals surface area contributed by atoms with Crippen molar-refractivity contribution in [1.82, 2.24) is 0 Å². The van der Waals surface area contributed by atoms with Crippen molar-refractivity contribution in [2.45, 2.75) is 122 Å². The van der Waals surface area contributed by atoms with Crippen LogP contribution in [0.15, 0.2) is 64.8 Å². The molecule has 1 aromatic rings. The molecule has 2 fully saturated rings. The molecule has 0 unspecified atom stereocenters. The molecular formula is C39H57N3O9. The number of hydrogen-bond acceptors (Lipinski definition) is 10. The van der Waals surface area contributed by atoms with E-state index in [4.69, 9.17) is 29.2 Å². The zero-order valence-corrected chi connectivity index (χ0v) is 31.0. The van der Waals surface area contributed by atoms with Gasteiger partial charge in [-0.05, 0) is 74.5 Å². The average molecular weight is 712 g/mol. The lowest BCUT2D eigenvalue weighted by Gasteiger charge is -2.47. The van der Waals surface area contributed by atoms with Gasteiger partial charge in [-0.25, -0.2) is 0 Å². The first-order chi connectivity index (χ1) is 24.1. The second-order valence-corrected chi connectivity index (χ2v) is 15.8. The number of methoxy groups -OCH3 is 1. The number of fused-ring (bicyclic) bond motifs is 2. The lowest BCUT2D eigenvalue weighted by atomic mass is 9.68. The summed E-state index contributed by atoms with van der Waals surface area (Å²) in [6.45, 7) is 16.7. The van der Waals surface area contributed by atoms with Gasteiger partial charge in [0.2, 0.25) is 0 Å². The maximum Gasteiger partial charge on any atom is 0.187 e. The fourth-order valence-corrected chi connectivity index (χ4v) is 8.42. The van der Waals surface area contributed by atoms with E-state index in [1.807, 2.05) is 32.9 Å². The zero-order valence-electron chi connectivity index (χ0n) is 31.0. The highest BCUT2D eigenvalue weighted by Crippen LogP contribution is 2.56. The molecule has 1 aliphatic heterocycles. The van der Waals surface area contributed by atoms with E-state index in [1.165, 1.54) is 5.57 Å². The molecule has 1 aromatic carbocycles. The van der Waals surface area contributed by atoms with Gasteiger partial charge < -0.3 is 44.1 Å². The Hall–Kier alpha value is -2.61. The minimum absolute atomic E-state index is 0.0634. The normalized spacial score (nSPS) is 38.0. The van der Waals surface area contributed by atoms with Crippen molar-refractivity contribution in [3.8, 4) is 0 Å². The molecule has 12 nitrogen and oxygen atoms in total. The van der Waals surface area contributed by atoms with Gasteiger partial charge in [-0.2, -0.15) is 0 Å². The second-order valence-electron chi connectivity index (χ2n) is 15.8. The largest absolute Gasteiger partial charge is 0.390 e. The van der Waals surface area contributed by atoms with E-state index in [0.29, 0.717) is 25.3 Å². The van der Waals surface area contributed by atoms with Gasteiger partial charge in [-0.15, -0.1) is 6.58 Å². The van der Waals surface area contributed by atoms with Gasteiger partial charge in [-0.3, -0.25) is 0 Å². The Morgan fingerprint density at radius 1 is 1.08 bits per heavy atom. The van der Waals surface area contributed by atoms with E-state index in [-0.39, 0.29) is 36.4 Å². The van der Waals surface area contributed by atoms with Crippen molar-refractivity contribution in [2.75, 3.05) is 20.3 Å². The fourth-order valence-electron chi connectivity index (χ4n) is 8.42. The summed E-state index contributed by atoms with van der Waals surface area (Å²) in [5, 5.41) is 49.2. The van der Waals surface area contributed by atoms with Gasteiger partial charge in [0.05, 0.1) is 37.6 Å². The summed E-state index contributed by atoms with van der Waals surface area (Å²) in [4.78, 5) is 2.86. The first-order valence-corrected chi connectivity index (χ1v) is 18.2. The summed E-state index contributed by atoms with van der Waals surface area (Å²) in [5.41, 5.74) is 12.0. The molecule has 0 spiro atoms. The third-order valence-electron chi connectivity index (χ3n) is 11.6. The van der Waals surface area contributed by atoms with Gasteiger partial charge in [-0.1, -0.05) is 73.4 Å². The molecule has 0 amide bonds. The van der Waals surface area contributed by atoms with Crippen LogP contribution in [0.4, 0.5) is 5.69 Å². The van der Waals surface area contributed by atoms with Crippen LogP contribution in [0.5, 0.6) is 0 Å². The third kappa shape index (κ3) is 8.16. The fraction of sp³-hybridized carbons (Fsp3) is 0.692. The summed E-state index contributed by atoms with van der Waals surface area (Å²) in [7, 11) is 1.72. The van der Waals surface area contributed by atoms with E-state index in [2.05, 4.69) is 43.5 Å². The first-order valence-electron chi connectivity index (χ1n) is 18.2. The van der Waals surface area contributed by atoms with Gasteiger partial charge in [0.1, 0.15) is 30.5 Å². The number of hydrogen-bond donors (Lipinski definition) is 4. The number of rotatable bonds is 13. The molecule has 12 heteroatoms. The number of aliphatic hydroxyl groups excluding tert-OH is 4. The number of ether oxygens (including phenoxy) is 5. The molecule has 51 heavy (non-hydrogen) atoms. The predicted octanol–water partition coefficient (Wildman–Crippen LogP) is 5.66.